The van der Waals surface area contributed by atoms with E-state index in [-0.39, 0.29) is 5.91 Å². The Balaban J connectivity index is 1.38. The first-order valence-electron chi connectivity index (χ1n) is 10.6. The van der Waals surface area contributed by atoms with E-state index in [1.165, 1.54) is 0 Å². The Morgan fingerprint density at radius 3 is 2.42 bits per heavy atom. The number of aliphatic imine (C=N–C) groups is 1. The molecule has 1 aromatic heterocycles. The molecule has 2 N–H and O–H groups in total. The first kappa shape index (κ1) is 19.5. The molecule has 0 radical (unpaired) electrons. The number of fused-ring (bicyclic) bond motifs is 1. The van der Waals surface area contributed by atoms with E-state index in [0.29, 0.717) is 5.56 Å². The van der Waals surface area contributed by atoms with Gasteiger partial charge in [0, 0.05) is 55.3 Å². The molecule has 158 valence electrons. The lowest BCUT2D eigenvalue weighted by molar-refractivity contribution is 0.0664. The number of hydrogen-bond donors (Lipinski definition) is 2. The molecule has 1 atom stereocenters. The average molecular weight is 415 g/mol. The van der Waals surface area contributed by atoms with Crippen LogP contribution in [0.25, 0.3) is 5.57 Å². The third kappa shape index (κ3) is 3.61. The van der Waals surface area contributed by atoms with Gasteiger partial charge in [-0.1, -0.05) is 12.1 Å². The van der Waals surface area contributed by atoms with Crippen LogP contribution in [0, 0.1) is 0 Å². The predicted molar refractivity (Wildman–Crippen MR) is 121 cm³/mol. The van der Waals surface area contributed by atoms with E-state index in [2.05, 4.69) is 40.6 Å². The van der Waals surface area contributed by atoms with Gasteiger partial charge in [-0.2, -0.15) is 0 Å². The van der Waals surface area contributed by atoms with Crippen LogP contribution in [0.2, 0.25) is 0 Å². The summed E-state index contributed by atoms with van der Waals surface area (Å²) in [6.45, 7) is 5.43. The second kappa shape index (κ2) is 7.67. The zero-order valence-corrected chi connectivity index (χ0v) is 17.8. The number of carbonyl (C=O) groups excluding carboxylic acids is 1. The van der Waals surface area contributed by atoms with Crippen LogP contribution in [0.15, 0.2) is 71.8 Å². The summed E-state index contributed by atoms with van der Waals surface area (Å²) in [5.74, 6) is 0.883. The van der Waals surface area contributed by atoms with E-state index >= 15 is 0 Å². The highest BCUT2D eigenvalue weighted by atomic mass is 16.2. The summed E-state index contributed by atoms with van der Waals surface area (Å²) in [7, 11) is 2.09. The van der Waals surface area contributed by atoms with Gasteiger partial charge in [0.25, 0.3) is 5.91 Å². The summed E-state index contributed by atoms with van der Waals surface area (Å²) in [6, 6.07) is 11.7. The number of nitrogens with zero attached hydrogens (tertiary/aromatic N) is 4. The summed E-state index contributed by atoms with van der Waals surface area (Å²) >= 11 is 0. The standard InChI is InChI=1S/C24H26N6O/c1-24-21(20(9-12-26-24)17-7-10-25-11-8-17)27-22(28-24)18-3-5-19(6-4-18)23(31)30-15-13-29(2)14-16-30/h3-12,26H,13-16H2,1-2H3,(H,27,28). The van der Waals surface area contributed by atoms with Crippen LogP contribution in [-0.4, -0.2) is 65.4 Å². The Bertz CT molecular complexity index is 1080. The van der Waals surface area contributed by atoms with Crippen molar-refractivity contribution in [1.82, 2.24) is 25.4 Å². The monoisotopic (exact) mass is 414 g/mol. The Morgan fingerprint density at radius 1 is 1.00 bits per heavy atom. The summed E-state index contributed by atoms with van der Waals surface area (Å²) in [6.07, 6.45) is 7.58. The van der Waals surface area contributed by atoms with Gasteiger partial charge in [-0.05, 0) is 56.1 Å². The average Bonchev–Trinajstić information content (AvgIpc) is 3.17. The molecule has 3 aliphatic heterocycles. The second-order valence-corrected chi connectivity index (χ2v) is 8.33. The normalized spacial score (nSPS) is 23.2. The fraction of sp³-hybridized carbons (Fsp3) is 0.292. The van der Waals surface area contributed by atoms with Gasteiger partial charge < -0.3 is 20.4 Å². The number of aromatic nitrogens is 1. The summed E-state index contributed by atoms with van der Waals surface area (Å²) in [5.41, 5.74) is 4.29. The molecular weight excluding hydrogens is 388 g/mol. The molecule has 0 saturated carbocycles. The van der Waals surface area contributed by atoms with Crippen molar-refractivity contribution in [3.05, 3.63) is 83.5 Å². The maximum Gasteiger partial charge on any atom is 0.253 e. The lowest BCUT2D eigenvalue weighted by atomic mass is 9.96. The molecule has 1 aromatic carbocycles. The first-order valence-corrected chi connectivity index (χ1v) is 10.6. The van der Waals surface area contributed by atoms with Crippen molar-refractivity contribution in [1.29, 1.82) is 0 Å². The molecule has 2 aromatic rings. The molecule has 7 nitrogen and oxygen atoms in total. The van der Waals surface area contributed by atoms with Crippen molar-refractivity contribution in [2.45, 2.75) is 12.6 Å². The Labute approximate surface area is 182 Å². The highest BCUT2D eigenvalue weighted by Crippen LogP contribution is 2.34. The number of carbonyl (C=O) groups is 1. The number of amidine groups is 1. The number of hydrogen-bond acceptors (Lipinski definition) is 6. The van der Waals surface area contributed by atoms with Crippen molar-refractivity contribution in [3.63, 3.8) is 0 Å². The smallest absolute Gasteiger partial charge is 0.253 e. The molecule has 4 heterocycles. The van der Waals surface area contributed by atoms with Gasteiger partial charge in [-0.3, -0.25) is 9.78 Å². The lowest BCUT2D eigenvalue weighted by Gasteiger charge is -2.32. The fourth-order valence-corrected chi connectivity index (χ4v) is 4.22. The van der Waals surface area contributed by atoms with Crippen LogP contribution < -0.4 is 10.6 Å². The van der Waals surface area contributed by atoms with Crippen LogP contribution in [-0.2, 0) is 0 Å². The van der Waals surface area contributed by atoms with Crippen LogP contribution >= 0.6 is 0 Å². The molecule has 0 aliphatic carbocycles. The topological polar surface area (TPSA) is 72.9 Å². The largest absolute Gasteiger partial charge is 0.363 e. The molecule has 1 saturated heterocycles. The quantitative estimate of drug-likeness (QED) is 0.805. The maximum atomic E-state index is 12.8. The van der Waals surface area contributed by atoms with Crippen molar-refractivity contribution in [3.8, 4) is 0 Å². The molecule has 1 unspecified atom stereocenters. The van der Waals surface area contributed by atoms with Gasteiger partial charge in [0.05, 0.1) is 5.70 Å². The van der Waals surface area contributed by atoms with Crippen molar-refractivity contribution in [2.75, 3.05) is 33.2 Å². The molecule has 0 spiro atoms. The second-order valence-electron chi connectivity index (χ2n) is 8.33. The van der Waals surface area contributed by atoms with Crippen molar-refractivity contribution in [2.24, 2.45) is 4.99 Å². The summed E-state index contributed by atoms with van der Waals surface area (Å²) in [4.78, 5) is 26.0. The van der Waals surface area contributed by atoms with E-state index in [0.717, 1.165) is 54.4 Å². The number of benzene rings is 1. The number of allylic oxidation sites excluding steroid dienone is 2. The minimum Gasteiger partial charge on any atom is -0.363 e. The molecule has 3 aliphatic rings. The van der Waals surface area contributed by atoms with Crippen LogP contribution in [0.4, 0.5) is 0 Å². The van der Waals surface area contributed by atoms with E-state index < -0.39 is 5.66 Å². The number of pyridine rings is 1. The van der Waals surface area contributed by atoms with Gasteiger partial charge in [0.15, 0.2) is 5.66 Å². The highest BCUT2D eigenvalue weighted by molar-refractivity contribution is 6.05. The van der Waals surface area contributed by atoms with E-state index in [4.69, 9.17) is 4.99 Å². The molecular formula is C24H26N6O. The molecule has 0 bridgehead atoms. The van der Waals surface area contributed by atoms with Crippen molar-refractivity contribution >= 4 is 17.3 Å². The van der Waals surface area contributed by atoms with Gasteiger partial charge in [0.2, 0.25) is 0 Å². The van der Waals surface area contributed by atoms with Crippen molar-refractivity contribution < 1.29 is 4.79 Å². The van der Waals surface area contributed by atoms with Gasteiger partial charge in [-0.25, -0.2) is 4.99 Å². The minimum atomic E-state index is -0.559. The number of amides is 1. The molecule has 1 fully saturated rings. The predicted octanol–water partition coefficient (Wildman–Crippen LogP) is 2.06. The van der Waals surface area contributed by atoms with E-state index in [1.807, 2.05) is 47.5 Å². The number of piperazine rings is 1. The number of rotatable bonds is 3. The van der Waals surface area contributed by atoms with Crippen LogP contribution in [0.1, 0.15) is 28.4 Å². The van der Waals surface area contributed by atoms with Crippen LogP contribution in [0.3, 0.4) is 0 Å². The Morgan fingerprint density at radius 2 is 1.71 bits per heavy atom. The van der Waals surface area contributed by atoms with Gasteiger partial charge in [-0.15, -0.1) is 0 Å². The Kier molecular flexibility index (Phi) is 4.82. The minimum absolute atomic E-state index is 0.0927. The van der Waals surface area contributed by atoms with Crippen LogP contribution in [0.5, 0.6) is 0 Å². The third-order valence-corrected chi connectivity index (χ3v) is 6.14. The summed E-state index contributed by atoms with van der Waals surface area (Å²) in [5, 5.41) is 6.87. The zero-order valence-electron chi connectivity index (χ0n) is 17.8. The first-order chi connectivity index (χ1) is 15.0. The molecule has 31 heavy (non-hydrogen) atoms. The number of dihydropyridines is 1. The van der Waals surface area contributed by atoms with Gasteiger partial charge >= 0.3 is 0 Å². The third-order valence-electron chi connectivity index (χ3n) is 6.14. The zero-order chi connectivity index (χ0) is 21.4. The SMILES string of the molecule is CN1CCN(C(=O)c2ccc(C3=NC4(C)NC=CC(c5ccncc5)=C4N3)cc2)CC1. The molecule has 7 heteroatoms. The molecule has 1 amide bonds. The van der Waals surface area contributed by atoms with E-state index in [1.54, 1.807) is 12.4 Å². The number of likely N-dealkylation sites (N-methyl/N-ethyl adjacent to an activating group) is 1. The fourth-order valence-electron chi connectivity index (χ4n) is 4.22. The summed E-state index contributed by atoms with van der Waals surface area (Å²) < 4.78 is 0. The maximum absolute atomic E-state index is 12.8. The molecule has 5 rings (SSSR count). The number of nitrogens with one attached hydrogen (secondary N) is 2. The van der Waals surface area contributed by atoms with E-state index in [9.17, 15) is 4.79 Å². The van der Waals surface area contributed by atoms with Gasteiger partial charge in [0.1, 0.15) is 5.84 Å². The Hall–Kier alpha value is -3.45. The lowest BCUT2D eigenvalue weighted by Crippen LogP contribution is -2.47. The highest BCUT2D eigenvalue weighted by Gasteiger charge is 2.38.